The van der Waals surface area contributed by atoms with Crippen LogP contribution in [0.5, 0.6) is 5.75 Å². The van der Waals surface area contributed by atoms with Crippen LogP contribution in [0.4, 0.5) is 15.8 Å². The summed E-state index contributed by atoms with van der Waals surface area (Å²) in [5.74, 6) is -2.29. The maximum Gasteiger partial charge on any atom is 0.308 e. The fraction of sp³-hybridized carbons (Fsp3) is 0.160. The Kier molecular flexibility index (Phi) is 5.14. The number of amides is 2. The highest BCUT2D eigenvalue weighted by atomic mass is 19.1. The highest BCUT2D eigenvalue weighted by Crippen LogP contribution is 2.47. The minimum absolute atomic E-state index is 0.307. The number of hydroxylamine groups is 1. The molecule has 3 aromatic rings. The summed E-state index contributed by atoms with van der Waals surface area (Å²) in [5.41, 5.74) is 1.68. The van der Waals surface area contributed by atoms with Crippen LogP contribution >= 0.6 is 0 Å². The van der Waals surface area contributed by atoms with Crippen LogP contribution in [0, 0.1) is 11.7 Å². The molecule has 0 spiro atoms. The van der Waals surface area contributed by atoms with Crippen LogP contribution in [0.1, 0.15) is 18.5 Å². The van der Waals surface area contributed by atoms with E-state index in [9.17, 15) is 18.8 Å². The number of benzene rings is 3. The summed E-state index contributed by atoms with van der Waals surface area (Å²) in [4.78, 5) is 45.1. The normalized spacial score (nSPS) is 21.9. The largest absolute Gasteiger partial charge is 0.427 e. The van der Waals surface area contributed by atoms with Gasteiger partial charge in [0, 0.05) is 6.92 Å². The van der Waals surface area contributed by atoms with Crippen molar-refractivity contribution in [2.75, 3.05) is 9.96 Å². The predicted octanol–water partition coefficient (Wildman–Crippen LogP) is 3.80. The molecule has 0 aromatic heterocycles. The van der Waals surface area contributed by atoms with Crippen LogP contribution in [0.15, 0.2) is 78.9 Å². The summed E-state index contributed by atoms with van der Waals surface area (Å²) in [7, 11) is 0. The van der Waals surface area contributed by atoms with E-state index in [4.69, 9.17) is 9.57 Å². The summed E-state index contributed by atoms with van der Waals surface area (Å²) in [6.07, 6.45) is -1.03. The lowest BCUT2D eigenvalue weighted by molar-refractivity contribution is -0.132. The number of hydrogen-bond donors (Lipinski definition) is 0. The Balaban J connectivity index is 1.51. The van der Waals surface area contributed by atoms with Crippen molar-refractivity contribution in [1.82, 2.24) is 0 Å². The fourth-order valence-corrected chi connectivity index (χ4v) is 4.30. The third-order valence-corrected chi connectivity index (χ3v) is 5.69. The van der Waals surface area contributed by atoms with Gasteiger partial charge < -0.3 is 4.74 Å². The van der Waals surface area contributed by atoms with Crippen LogP contribution in [-0.4, -0.2) is 23.9 Å². The Morgan fingerprint density at radius 2 is 1.55 bits per heavy atom. The lowest BCUT2D eigenvalue weighted by Crippen LogP contribution is -2.37. The van der Waals surface area contributed by atoms with Crippen LogP contribution in [0.2, 0.25) is 0 Å². The number of carbonyl (C=O) groups excluding carboxylic acids is 3. The van der Waals surface area contributed by atoms with Crippen molar-refractivity contribution in [3.8, 4) is 5.75 Å². The highest BCUT2D eigenvalue weighted by Gasteiger charge is 2.60. The fourth-order valence-electron chi connectivity index (χ4n) is 4.30. The number of fused-ring (bicyclic) bond motifs is 1. The number of esters is 1. The first-order chi connectivity index (χ1) is 15.9. The summed E-state index contributed by atoms with van der Waals surface area (Å²) in [6, 6.07) is 20.4. The number of ether oxygens (including phenoxy) is 1. The van der Waals surface area contributed by atoms with Crippen molar-refractivity contribution >= 4 is 29.2 Å². The van der Waals surface area contributed by atoms with E-state index < -0.39 is 41.7 Å². The second kappa shape index (κ2) is 8.14. The van der Waals surface area contributed by atoms with Gasteiger partial charge >= 0.3 is 5.97 Å². The van der Waals surface area contributed by atoms with E-state index in [0.717, 1.165) is 4.90 Å². The molecule has 0 N–H and O–H groups in total. The van der Waals surface area contributed by atoms with Gasteiger partial charge in [0.15, 0.2) is 6.10 Å². The van der Waals surface area contributed by atoms with E-state index in [2.05, 4.69) is 0 Å². The minimum Gasteiger partial charge on any atom is -0.427 e. The summed E-state index contributed by atoms with van der Waals surface area (Å²) >= 11 is 0. The molecule has 2 aliphatic heterocycles. The molecule has 0 aliphatic carbocycles. The quantitative estimate of drug-likeness (QED) is 0.345. The molecule has 3 aromatic carbocycles. The van der Waals surface area contributed by atoms with Gasteiger partial charge in [0.1, 0.15) is 17.5 Å². The number of hydrogen-bond acceptors (Lipinski definition) is 6. The van der Waals surface area contributed by atoms with Crippen molar-refractivity contribution < 1.29 is 28.3 Å². The monoisotopic (exact) mass is 446 g/mol. The number of carbonyl (C=O) groups is 3. The molecule has 0 radical (unpaired) electrons. The van der Waals surface area contributed by atoms with Crippen molar-refractivity contribution in [2.45, 2.75) is 19.1 Å². The van der Waals surface area contributed by atoms with Gasteiger partial charge in [0.05, 0.1) is 17.4 Å². The van der Waals surface area contributed by atoms with Crippen LogP contribution in [-0.2, 0) is 19.2 Å². The predicted molar refractivity (Wildman–Crippen MR) is 117 cm³/mol. The molecule has 7 nitrogen and oxygen atoms in total. The lowest BCUT2D eigenvalue weighted by Gasteiger charge is -2.28. The van der Waals surface area contributed by atoms with Gasteiger partial charge in [-0.25, -0.2) is 14.4 Å². The first-order valence-electron chi connectivity index (χ1n) is 10.4. The summed E-state index contributed by atoms with van der Waals surface area (Å²) < 4.78 is 18.6. The van der Waals surface area contributed by atoms with Gasteiger partial charge in [-0.2, -0.15) is 0 Å². The van der Waals surface area contributed by atoms with E-state index in [-0.39, 0.29) is 0 Å². The minimum atomic E-state index is -1.03. The topological polar surface area (TPSA) is 76.2 Å². The molecular weight excluding hydrogens is 427 g/mol. The van der Waals surface area contributed by atoms with E-state index in [0.29, 0.717) is 22.7 Å². The van der Waals surface area contributed by atoms with Gasteiger partial charge in [0.25, 0.3) is 5.91 Å². The molecule has 8 heteroatoms. The first-order valence-corrected chi connectivity index (χ1v) is 10.4. The van der Waals surface area contributed by atoms with Crippen LogP contribution in [0.25, 0.3) is 0 Å². The number of anilines is 2. The molecule has 5 rings (SSSR count). The molecule has 2 heterocycles. The van der Waals surface area contributed by atoms with Crippen molar-refractivity contribution in [2.24, 2.45) is 5.92 Å². The average Bonchev–Trinajstić information content (AvgIpc) is 3.31. The third-order valence-electron chi connectivity index (χ3n) is 5.69. The van der Waals surface area contributed by atoms with Gasteiger partial charge in [-0.05, 0) is 54.1 Å². The lowest BCUT2D eigenvalue weighted by atomic mass is 9.90. The molecule has 2 amide bonds. The molecule has 2 aliphatic rings. The molecule has 2 fully saturated rings. The highest BCUT2D eigenvalue weighted by molar-refractivity contribution is 6.23. The average molecular weight is 446 g/mol. The Morgan fingerprint density at radius 3 is 2.18 bits per heavy atom. The second-order valence-corrected chi connectivity index (χ2v) is 7.81. The van der Waals surface area contributed by atoms with E-state index in [1.165, 1.54) is 43.3 Å². The third kappa shape index (κ3) is 3.64. The van der Waals surface area contributed by atoms with E-state index in [1.54, 1.807) is 17.2 Å². The Bertz CT molecular complexity index is 1210. The Morgan fingerprint density at radius 1 is 0.879 bits per heavy atom. The second-order valence-electron chi connectivity index (χ2n) is 7.81. The molecule has 0 bridgehead atoms. The standard InChI is InChI=1S/C25H19FN2O5/c1-15(29)32-20-13-11-18(12-14-20)27-24(30)21-22(16-7-9-17(26)10-8-16)28(33-23(21)25(27)31)19-5-3-2-4-6-19/h2-14,21-23H,1H3/t21-,22-,23-/m1/s1. The molecule has 33 heavy (non-hydrogen) atoms. The Hall–Kier alpha value is -4.04. The van der Waals surface area contributed by atoms with Crippen LogP contribution in [0.3, 0.4) is 0 Å². The SMILES string of the molecule is CC(=O)Oc1ccc(N2C(=O)[C@@H]3[C@@H](c4ccc(F)cc4)N(c4ccccc4)O[C@H]3C2=O)cc1. The molecule has 2 saturated heterocycles. The van der Waals surface area contributed by atoms with E-state index >= 15 is 0 Å². The van der Waals surface area contributed by atoms with Crippen molar-refractivity contribution in [3.63, 3.8) is 0 Å². The molecule has 166 valence electrons. The van der Waals surface area contributed by atoms with Crippen molar-refractivity contribution in [3.05, 3.63) is 90.2 Å². The van der Waals surface area contributed by atoms with Gasteiger partial charge in [0.2, 0.25) is 5.91 Å². The number of nitrogens with zero attached hydrogens (tertiary/aromatic N) is 2. The maximum absolute atomic E-state index is 13.6. The number of rotatable bonds is 4. The zero-order valence-corrected chi connectivity index (χ0v) is 17.6. The Labute approximate surface area is 188 Å². The smallest absolute Gasteiger partial charge is 0.308 e. The van der Waals surface area contributed by atoms with Gasteiger partial charge in [-0.1, -0.05) is 30.3 Å². The zero-order valence-electron chi connectivity index (χ0n) is 17.6. The zero-order chi connectivity index (χ0) is 23.1. The van der Waals surface area contributed by atoms with Gasteiger partial charge in [-0.3, -0.25) is 19.2 Å². The van der Waals surface area contributed by atoms with Gasteiger partial charge in [-0.15, -0.1) is 0 Å². The molecule has 0 unspecified atom stereocenters. The number of imide groups is 1. The van der Waals surface area contributed by atoms with E-state index in [1.807, 2.05) is 30.3 Å². The first kappa shape index (κ1) is 20.8. The molecular formula is C25H19FN2O5. The maximum atomic E-state index is 13.6. The summed E-state index contributed by atoms with van der Waals surface area (Å²) in [5, 5.41) is 1.56. The van der Waals surface area contributed by atoms with Crippen molar-refractivity contribution in [1.29, 1.82) is 0 Å². The number of para-hydroxylation sites is 1. The molecule has 0 saturated carbocycles. The molecule has 3 atom stereocenters. The number of halogens is 1. The van der Waals surface area contributed by atoms with Crippen LogP contribution < -0.4 is 14.7 Å². The summed E-state index contributed by atoms with van der Waals surface area (Å²) in [6.45, 7) is 1.29.